The fourth-order valence-electron chi connectivity index (χ4n) is 10.4. The lowest BCUT2D eigenvalue weighted by atomic mass is 9.46. The third kappa shape index (κ3) is 6.47. The maximum absolute atomic E-state index is 13.7. The third-order valence-electron chi connectivity index (χ3n) is 12.7. The van der Waals surface area contributed by atoms with Gasteiger partial charge in [-0.05, 0) is 95.7 Å². The van der Waals surface area contributed by atoms with E-state index < -0.39 is 30.2 Å². The second kappa shape index (κ2) is 14.0. The molecule has 3 fully saturated rings. The predicted octanol–water partition coefficient (Wildman–Crippen LogP) is 6.28. The van der Waals surface area contributed by atoms with Crippen molar-refractivity contribution in [2.75, 3.05) is 18.5 Å². The van der Waals surface area contributed by atoms with Gasteiger partial charge in [-0.3, -0.25) is 19.4 Å². The van der Waals surface area contributed by atoms with Crippen molar-refractivity contribution < 1.29 is 33.8 Å². The van der Waals surface area contributed by atoms with E-state index in [9.17, 15) is 24.3 Å². The molecule has 3 aromatic rings. The van der Waals surface area contributed by atoms with Crippen LogP contribution in [0.15, 0.2) is 84.7 Å². The highest BCUT2D eigenvalue weighted by molar-refractivity contribution is 6.01. The maximum Gasteiger partial charge on any atom is 0.509 e. The molecule has 1 heterocycles. The summed E-state index contributed by atoms with van der Waals surface area (Å²) in [4.78, 5) is 55.7. The number of aromatic nitrogens is 1. The van der Waals surface area contributed by atoms with E-state index in [1.807, 2.05) is 30.3 Å². The van der Waals surface area contributed by atoms with Crippen LogP contribution in [-0.4, -0.2) is 53.0 Å². The fraction of sp³-hybridized carbons (Fsp3) is 0.452. The number of aliphatic hydroxyl groups is 1. The number of allylic oxidation sites excluding steroid dienone is 4. The van der Waals surface area contributed by atoms with E-state index in [1.165, 1.54) is 0 Å². The second-order valence-corrected chi connectivity index (χ2v) is 15.7. The Hall–Kier alpha value is -4.67. The number of amides is 1. The molecule has 0 unspecified atom stereocenters. The Morgan fingerprint density at radius 2 is 1.87 bits per heavy atom. The highest BCUT2D eigenvalue weighted by atomic mass is 16.7. The number of Topliss-reactive ketones (excluding diaryl/α,β-unsaturated/α-hetero) is 1. The Balaban J connectivity index is 0.923. The van der Waals surface area contributed by atoms with Gasteiger partial charge in [0.15, 0.2) is 18.2 Å². The van der Waals surface area contributed by atoms with Crippen molar-refractivity contribution in [2.24, 2.45) is 46.2 Å². The van der Waals surface area contributed by atoms with E-state index in [0.717, 1.165) is 41.2 Å². The van der Waals surface area contributed by atoms with Crippen molar-refractivity contribution in [3.63, 3.8) is 0 Å². The average Bonchev–Trinajstić information content (AvgIpc) is 3.39. The first-order chi connectivity index (χ1) is 24.9. The first-order valence-corrected chi connectivity index (χ1v) is 18.3. The highest BCUT2D eigenvalue weighted by Crippen LogP contribution is 2.67. The standard InChI is InChI=1S/C42H47N3O7/c1-24-16-34-32-11-9-29-18-31(46)12-14-41(29,2)38(32)35(47)19-42(34,3)37(24)36(48)23-52-40(50)51-22-25-4-6-26(7-5-25)33(20-43)39(49)45-30-10-8-28-21-44-15-13-27(28)17-30/h4-8,10,12-15,17-18,21,24,32-35,37-38,47H,9,11,16,19-20,22-23,43H2,1-3H3,(H,45,49)/t24-,32+,33-,34+,35+,37-,38-,41+,42+/m1/s1. The number of nitrogens with two attached hydrogens (primary N) is 1. The summed E-state index contributed by atoms with van der Waals surface area (Å²) < 4.78 is 10.7. The van der Waals surface area contributed by atoms with Crippen molar-refractivity contribution in [1.29, 1.82) is 0 Å². The normalized spacial score (nSPS) is 31.1. The molecule has 0 aliphatic heterocycles. The summed E-state index contributed by atoms with van der Waals surface area (Å²) in [7, 11) is 0. The molecule has 0 saturated heterocycles. The van der Waals surface area contributed by atoms with Crippen molar-refractivity contribution >= 4 is 40.1 Å². The van der Waals surface area contributed by atoms with Gasteiger partial charge in [0.1, 0.15) is 6.61 Å². The van der Waals surface area contributed by atoms with Crippen molar-refractivity contribution in [3.05, 3.63) is 95.9 Å². The molecule has 3 saturated carbocycles. The van der Waals surface area contributed by atoms with Gasteiger partial charge in [0.2, 0.25) is 5.91 Å². The molecule has 4 aliphatic carbocycles. The zero-order chi connectivity index (χ0) is 36.8. The molecule has 4 aliphatic rings. The number of benzene rings is 2. The van der Waals surface area contributed by atoms with Crippen molar-refractivity contribution in [1.82, 2.24) is 4.98 Å². The van der Waals surface area contributed by atoms with Gasteiger partial charge in [0.25, 0.3) is 0 Å². The van der Waals surface area contributed by atoms with E-state index in [2.05, 4.69) is 31.1 Å². The lowest BCUT2D eigenvalue weighted by molar-refractivity contribution is -0.143. The third-order valence-corrected chi connectivity index (χ3v) is 12.7. The molecule has 2 aromatic carbocycles. The Morgan fingerprint density at radius 3 is 2.63 bits per heavy atom. The number of hydrogen-bond donors (Lipinski definition) is 3. The smallest absolute Gasteiger partial charge is 0.429 e. The molecule has 1 amide bonds. The summed E-state index contributed by atoms with van der Waals surface area (Å²) in [6, 6.07) is 14.6. The van der Waals surface area contributed by atoms with Gasteiger partial charge >= 0.3 is 6.16 Å². The average molecular weight is 706 g/mol. The minimum atomic E-state index is -0.933. The Labute approximate surface area is 303 Å². The summed E-state index contributed by atoms with van der Waals surface area (Å²) in [6.45, 7) is 6.00. The zero-order valence-corrected chi connectivity index (χ0v) is 29.9. The number of ketones is 2. The summed E-state index contributed by atoms with van der Waals surface area (Å²) >= 11 is 0. The van der Waals surface area contributed by atoms with E-state index in [0.29, 0.717) is 17.7 Å². The Morgan fingerprint density at radius 1 is 1.08 bits per heavy atom. The highest BCUT2D eigenvalue weighted by Gasteiger charge is 2.64. The van der Waals surface area contributed by atoms with Crippen LogP contribution in [-0.2, 0) is 30.5 Å². The lowest BCUT2D eigenvalue weighted by Crippen LogP contribution is -2.56. The minimum absolute atomic E-state index is 0.00617. The number of fused-ring (bicyclic) bond motifs is 6. The molecule has 0 radical (unpaired) electrons. The Kier molecular flexibility index (Phi) is 9.65. The van der Waals surface area contributed by atoms with Crippen molar-refractivity contribution in [3.8, 4) is 0 Å². The van der Waals surface area contributed by atoms with Crippen LogP contribution in [0.1, 0.15) is 63.5 Å². The van der Waals surface area contributed by atoms with E-state index >= 15 is 0 Å². The van der Waals surface area contributed by atoms with Crippen LogP contribution in [0.5, 0.6) is 0 Å². The molecular formula is C42H47N3O7. The van der Waals surface area contributed by atoms with Gasteiger partial charge in [-0.2, -0.15) is 0 Å². The summed E-state index contributed by atoms with van der Waals surface area (Å²) in [5, 5.41) is 16.5. The topological polar surface area (TPSA) is 158 Å². The van der Waals surface area contributed by atoms with E-state index in [-0.39, 0.29) is 65.6 Å². The van der Waals surface area contributed by atoms with Crippen LogP contribution in [0.3, 0.4) is 0 Å². The van der Waals surface area contributed by atoms with Crippen LogP contribution in [0.2, 0.25) is 0 Å². The number of anilines is 1. The summed E-state index contributed by atoms with van der Waals surface area (Å²) in [6.07, 6.45) is 10.3. The molecule has 0 bridgehead atoms. The number of hydrogen-bond acceptors (Lipinski definition) is 9. The number of rotatable bonds is 9. The first kappa shape index (κ1) is 35.7. The SMILES string of the molecule is C[C@@H]1C[C@H]2[C@@H]3CCC4=CC(=O)C=C[C@]4(C)[C@H]3[C@@H](O)C[C@]2(C)[C@H]1C(=O)COC(=O)OCc1ccc([C@@H](CN)C(=O)Nc2ccc3cnccc3c2)cc1. The van der Waals surface area contributed by atoms with E-state index in [1.54, 1.807) is 48.8 Å². The molecule has 7 rings (SSSR count). The second-order valence-electron chi connectivity index (χ2n) is 15.7. The molecular weight excluding hydrogens is 658 g/mol. The number of aliphatic hydroxyl groups excluding tert-OH is 1. The largest absolute Gasteiger partial charge is 0.509 e. The van der Waals surface area contributed by atoms with Gasteiger partial charge in [-0.15, -0.1) is 0 Å². The quantitative estimate of drug-likeness (QED) is 0.218. The van der Waals surface area contributed by atoms with E-state index in [4.69, 9.17) is 15.2 Å². The number of carbonyl (C=O) groups is 4. The minimum Gasteiger partial charge on any atom is -0.429 e. The summed E-state index contributed by atoms with van der Waals surface area (Å²) in [5.41, 5.74) is 8.38. The fourth-order valence-corrected chi connectivity index (χ4v) is 10.4. The van der Waals surface area contributed by atoms with Gasteiger partial charge in [-0.1, -0.05) is 62.8 Å². The molecule has 52 heavy (non-hydrogen) atoms. The zero-order valence-electron chi connectivity index (χ0n) is 29.9. The van der Waals surface area contributed by atoms with Crippen LogP contribution in [0, 0.1) is 40.4 Å². The first-order valence-electron chi connectivity index (χ1n) is 18.3. The molecule has 10 nitrogen and oxygen atoms in total. The molecule has 1 aromatic heterocycles. The molecule has 4 N–H and O–H groups in total. The Bertz CT molecular complexity index is 1960. The lowest BCUT2D eigenvalue weighted by Gasteiger charge is -2.58. The number of pyridine rings is 1. The molecule has 9 atom stereocenters. The van der Waals surface area contributed by atoms with Gasteiger partial charge in [0.05, 0.1) is 12.0 Å². The molecule has 272 valence electrons. The van der Waals surface area contributed by atoms with Crippen molar-refractivity contribution in [2.45, 2.75) is 65.1 Å². The van der Waals surface area contributed by atoms with Crippen LogP contribution >= 0.6 is 0 Å². The monoisotopic (exact) mass is 705 g/mol. The summed E-state index contributed by atoms with van der Waals surface area (Å²) in [5.74, 6) is -0.784. The molecule has 10 heteroatoms. The maximum atomic E-state index is 13.7. The number of nitrogens with zero attached hydrogens (tertiary/aromatic N) is 1. The molecule has 0 spiro atoms. The number of nitrogens with one attached hydrogen (secondary N) is 1. The van der Waals surface area contributed by atoms with Gasteiger partial charge in [0, 0.05) is 47.3 Å². The van der Waals surface area contributed by atoms with Gasteiger partial charge < -0.3 is 25.6 Å². The van der Waals surface area contributed by atoms with Crippen LogP contribution in [0.4, 0.5) is 10.5 Å². The van der Waals surface area contributed by atoms with Crippen LogP contribution < -0.4 is 11.1 Å². The van der Waals surface area contributed by atoms with Gasteiger partial charge in [-0.25, -0.2) is 4.79 Å². The number of carbonyl (C=O) groups excluding carboxylic acids is 4. The van der Waals surface area contributed by atoms with Crippen LogP contribution in [0.25, 0.3) is 10.8 Å². The number of ether oxygens (including phenoxy) is 2. The predicted molar refractivity (Wildman–Crippen MR) is 196 cm³/mol.